The molecule has 0 unspecified atom stereocenters. The van der Waals surface area contributed by atoms with Crippen molar-refractivity contribution in [1.82, 2.24) is 5.32 Å². The third kappa shape index (κ3) is 4.94. The maximum absolute atomic E-state index is 11.6. The number of carbonyl (C=O) groups excluding carboxylic acids is 1. The van der Waals surface area contributed by atoms with Crippen molar-refractivity contribution >= 4 is 12.1 Å². The lowest BCUT2D eigenvalue weighted by atomic mass is 9.79. The van der Waals surface area contributed by atoms with Gasteiger partial charge in [-0.2, -0.15) is 0 Å². The molecule has 1 aliphatic carbocycles. The Hall–Kier alpha value is -1.26. The van der Waals surface area contributed by atoms with Gasteiger partial charge in [0.2, 0.25) is 0 Å². The average Bonchev–Trinajstić information content (AvgIpc) is 2.29. The first-order valence-electron chi connectivity index (χ1n) is 6.75. The molecule has 0 saturated heterocycles. The first-order valence-corrected chi connectivity index (χ1v) is 6.75. The number of hydrogen-bond donors (Lipinski definition) is 2. The lowest BCUT2D eigenvalue weighted by molar-refractivity contribution is -0.139. The molecule has 0 aromatic rings. The summed E-state index contributed by atoms with van der Waals surface area (Å²) >= 11 is 0. The Kier molecular flexibility index (Phi) is 5.95. The monoisotopic (exact) mass is 257 g/mol. The third-order valence-electron chi connectivity index (χ3n) is 3.40. The highest BCUT2D eigenvalue weighted by Gasteiger charge is 2.36. The van der Waals surface area contributed by atoms with Gasteiger partial charge < -0.3 is 15.2 Å². The Labute approximate surface area is 108 Å². The molecule has 0 atom stereocenters. The Morgan fingerprint density at radius 2 is 1.94 bits per heavy atom. The zero-order chi connectivity index (χ0) is 13.4. The molecule has 104 valence electrons. The van der Waals surface area contributed by atoms with Gasteiger partial charge in [0.25, 0.3) is 0 Å². The summed E-state index contributed by atoms with van der Waals surface area (Å²) in [6.07, 6.45) is 5.78. The van der Waals surface area contributed by atoms with E-state index in [2.05, 4.69) is 5.32 Å². The van der Waals surface area contributed by atoms with Crippen LogP contribution in [0.4, 0.5) is 4.79 Å². The van der Waals surface area contributed by atoms with E-state index in [0.29, 0.717) is 6.61 Å². The zero-order valence-corrected chi connectivity index (χ0v) is 11.0. The number of aliphatic carboxylic acids is 1. The standard InChI is InChI=1S/C13H23NO4/c1-2-3-9-18-12(17)14-13(10-11(15)16)7-5-4-6-8-13/h2-10H2,1H3,(H,14,17)(H,15,16). The van der Waals surface area contributed by atoms with E-state index in [9.17, 15) is 9.59 Å². The van der Waals surface area contributed by atoms with Crippen molar-refractivity contribution in [2.24, 2.45) is 0 Å². The van der Waals surface area contributed by atoms with Crippen LogP contribution in [-0.4, -0.2) is 29.3 Å². The van der Waals surface area contributed by atoms with Crippen LogP contribution in [0.25, 0.3) is 0 Å². The van der Waals surface area contributed by atoms with E-state index in [0.717, 1.165) is 44.9 Å². The van der Waals surface area contributed by atoms with Gasteiger partial charge in [0, 0.05) is 0 Å². The quantitative estimate of drug-likeness (QED) is 0.717. The molecule has 1 saturated carbocycles. The van der Waals surface area contributed by atoms with Crippen molar-refractivity contribution in [2.45, 2.75) is 63.8 Å². The van der Waals surface area contributed by atoms with Crippen LogP contribution in [0.2, 0.25) is 0 Å². The molecule has 5 heteroatoms. The Morgan fingerprint density at radius 1 is 1.28 bits per heavy atom. The average molecular weight is 257 g/mol. The van der Waals surface area contributed by atoms with Gasteiger partial charge in [0.1, 0.15) is 0 Å². The third-order valence-corrected chi connectivity index (χ3v) is 3.40. The van der Waals surface area contributed by atoms with Crippen molar-refractivity contribution in [2.75, 3.05) is 6.61 Å². The predicted molar refractivity (Wildman–Crippen MR) is 67.5 cm³/mol. The first-order chi connectivity index (χ1) is 8.58. The van der Waals surface area contributed by atoms with Crippen LogP contribution in [0.5, 0.6) is 0 Å². The fourth-order valence-electron chi connectivity index (χ4n) is 2.43. The molecule has 1 rings (SSSR count). The number of rotatable bonds is 6. The van der Waals surface area contributed by atoms with Crippen LogP contribution in [-0.2, 0) is 9.53 Å². The maximum atomic E-state index is 11.6. The minimum Gasteiger partial charge on any atom is -0.481 e. The molecule has 0 spiro atoms. The molecule has 1 aliphatic rings. The molecule has 1 amide bonds. The minimum absolute atomic E-state index is 0.0180. The smallest absolute Gasteiger partial charge is 0.407 e. The molecule has 0 aromatic carbocycles. The summed E-state index contributed by atoms with van der Waals surface area (Å²) in [5.41, 5.74) is -0.604. The van der Waals surface area contributed by atoms with E-state index in [4.69, 9.17) is 9.84 Å². The summed E-state index contributed by atoms with van der Waals surface area (Å²) in [6, 6.07) is 0. The summed E-state index contributed by atoms with van der Waals surface area (Å²) in [5, 5.41) is 11.7. The number of unbranched alkanes of at least 4 members (excludes halogenated alkanes) is 1. The van der Waals surface area contributed by atoms with Crippen molar-refractivity contribution in [3.63, 3.8) is 0 Å². The van der Waals surface area contributed by atoms with E-state index in [1.54, 1.807) is 0 Å². The molecular weight excluding hydrogens is 234 g/mol. The lowest BCUT2D eigenvalue weighted by Gasteiger charge is -2.36. The van der Waals surface area contributed by atoms with Gasteiger partial charge >= 0.3 is 12.1 Å². The van der Waals surface area contributed by atoms with Crippen molar-refractivity contribution < 1.29 is 19.4 Å². The summed E-state index contributed by atoms with van der Waals surface area (Å²) in [6.45, 7) is 2.42. The van der Waals surface area contributed by atoms with Crippen LogP contribution in [0.3, 0.4) is 0 Å². The highest BCUT2D eigenvalue weighted by molar-refractivity contribution is 5.72. The van der Waals surface area contributed by atoms with Gasteiger partial charge in [-0.25, -0.2) is 4.79 Å². The molecule has 0 bridgehead atoms. The van der Waals surface area contributed by atoms with Crippen molar-refractivity contribution in [3.05, 3.63) is 0 Å². The zero-order valence-electron chi connectivity index (χ0n) is 11.0. The normalized spacial score (nSPS) is 18.1. The topological polar surface area (TPSA) is 75.6 Å². The Morgan fingerprint density at radius 3 is 2.50 bits per heavy atom. The number of nitrogens with one attached hydrogen (secondary N) is 1. The van der Waals surface area contributed by atoms with E-state index in [1.165, 1.54) is 0 Å². The molecule has 2 N–H and O–H groups in total. The predicted octanol–water partition coefficient (Wildman–Crippen LogP) is 2.69. The largest absolute Gasteiger partial charge is 0.481 e. The SMILES string of the molecule is CCCCOC(=O)NC1(CC(=O)O)CCCCC1. The molecule has 5 nitrogen and oxygen atoms in total. The van der Waals surface area contributed by atoms with E-state index >= 15 is 0 Å². The number of amides is 1. The van der Waals surface area contributed by atoms with Gasteiger partial charge in [-0.1, -0.05) is 32.6 Å². The van der Waals surface area contributed by atoms with Gasteiger partial charge in [0.15, 0.2) is 0 Å². The number of carboxylic acids is 1. The number of carboxylic acid groups (broad SMARTS) is 1. The molecule has 18 heavy (non-hydrogen) atoms. The van der Waals surface area contributed by atoms with Crippen LogP contribution in [0.15, 0.2) is 0 Å². The van der Waals surface area contributed by atoms with Crippen LogP contribution in [0, 0.1) is 0 Å². The van der Waals surface area contributed by atoms with Crippen LogP contribution < -0.4 is 5.32 Å². The summed E-state index contributed by atoms with van der Waals surface area (Å²) < 4.78 is 5.05. The fourth-order valence-corrected chi connectivity index (χ4v) is 2.43. The van der Waals surface area contributed by atoms with Gasteiger partial charge in [-0.05, 0) is 19.3 Å². The Balaban J connectivity index is 2.49. The fraction of sp³-hybridized carbons (Fsp3) is 0.846. The molecule has 0 aromatic heterocycles. The maximum Gasteiger partial charge on any atom is 0.407 e. The molecule has 1 fully saturated rings. The molecular formula is C13H23NO4. The van der Waals surface area contributed by atoms with Gasteiger partial charge in [0.05, 0.1) is 18.6 Å². The van der Waals surface area contributed by atoms with E-state index in [-0.39, 0.29) is 6.42 Å². The van der Waals surface area contributed by atoms with Crippen molar-refractivity contribution in [3.8, 4) is 0 Å². The van der Waals surface area contributed by atoms with E-state index in [1.807, 2.05) is 6.92 Å². The van der Waals surface area contributed by atoms with Crippen LogP contribution in [0.1, 0.15) is 58.3 Å². The minimum atomic E-state index is -0.870. The number of carbonyl (C=O) groups is 2. The lowest BCUT2D eigenvalue weighted by Crippen LogP contribution is -2.51. The molecule has 0 heterocycles. The summed E-state index contributed by atoms with van der Waals surface area (Å²) in [7, 11) is 0. The van der Waals surface area contributed by atoms with Crippen LogP contribution >= 0.6 is 0 Å². The van der Waals surface area contributed by atoms with E-state index < -0.39 is 17.6 Å². The second-order valence-electron chi connectivity index (χ2n) is 5.03. The second-order valence-corrected chi connectivity index (χ2v) is 5.03. The van der Waals surface area contributed by atoms with Gasteiger partial charge in [-0.3, -0.25) is 4.79 Å². The Bertz CT molecular complexity index is 285. The highest BCUT2D eigenvalue weighted by Crippen LogP contribution is 2.31. The summed E-state index contributed by atoms with van der Waals surface area (Å²) in [4.78, 5) is 22.6. The van der Waals surface area contributed by atoms with Crippen molar-refractivity contribution in [1.29, 1.82) is 0 Å². The molecule has 0 radical (unpaired) electrons. The molecule has 0 aliphatic heterocycles. The second kappa shape index (κ2) is 7.24. The number of hydrogen-bond acceptors (Lipinski definition) is 3. The summed E-state index contributed by atoms with van der Waals surface area (Å²) in [5.74, 6) is -0.870. The first kappa shape index (κ1) is 14.8. The number of ether oxygens (including phenoxy) is 1. The highest BCUT2D eigenvalue weighted by atomic mass is 16.5. The van der Waals surface area contributed by atoms with Gasteiger partial charge in [-0.15, -0.1) is 0 Å². The number of alkyl carbamates (subject to hydrolysis) is 1.